The molecule has 0 radical (unpaired) electrons. The molecule has 1 amide bonds. The van der Waals surface area contributed by atoms with Crippen LogP contribution in [0.25, 0.3) is 0 Å². The van der Waals surface area contributed by atoms with Gasteiger partial charge in [0.25, 0.3) is 11.6 Å². The van der Waals surface area contributed by atoms with E-state index in [1.807, 2.05) is 22.6 Å². The smallest absolute Gasteiger partial charge is 0.270 e. The molecule has 0 saturated heterocycles. The first-order chi connectivity index (χ1) is 8.56. The number of carbonyl (C=O) groups is 1. The van der Waals surface area contributed by atoms with Gasteiger partial charge < -0.3 is 5.32 Å². The number of rotatable bonds is 4. The van der Waals surface area contributed by atoms with Crippen molar-refractivity contribution in [2.75, 3.05) is 6.54 Å². The number of non-ortho nitro benzene ring substituents is 1. The summed E-state index contributed by atoms with van der Waals surface area (Å²) in [5, 5.41) is 13.3. The second-order valence-corrected chi connectivity index (χ2v) is 4.52. The van der Waals surface area contributed by atoms with Crippen LogP contribution >= 0.6 is 22.6 Å². The fourth-order valence-corrected chi connectivity index (χ4v) is 1.84. The molecule has 18 heavy (non-hydrogen) atoms. The number of amides is 1. The molecule has 0 aromatic heterocycles. The van der Waals surface area contributed by atoms with Gasteiger partial charge in [-0.2, -0.15) is 0 Å². The average Bonchev–Trinajstić information content (AvgIpc) is 2.34. The van der Waals surface area contributed by atoms with Gasteiger partial charge in [-0.15, -0.1) is 11.8 Å². The van der Waals surface area contributed by atoms with Crippen LogP contribution in [0.2, 0.25) is 0 Å². The number of carbonyl (C=O) groups excluding carboxylic acids is 1. The maximum atomic E-state index is 11.8. The highest BCUT2D eigenvalue weighted by molar-refractivity contribution is 14.1. The third kappa shape index (κ3) is 4.00. The second-order valence-electron chi connectivity index (χ2n) is 3.35. The van der Waals surface area contributed by atoms with E-state index in [0.29, 0.717) is 22.1 Å². The van der Waals surface area contributed by atoms with Crippen molar-refractivity contribution in [3.63, 3.8) is 0 Å². The van der Waals surface area contributed by atoms with Gasteiger partial charge in [0.15, 0.2) is 0 Å². The molecule has 94 valence electrons. The van der Waals surface area contributed by atoms with E-state index in [1.165, 1.54) is 12.1 Å². The van der Waals surface area contributed by atoms with E-state index in [0.717, 1.165) is 0 Å². The molecule has 0 spiro atoms. The number of hydrogen-bond donors (Lipinski definition) is 1. The van der Waals surface area contributed by atoms with Gasteiger partial charge in [0.05, 0.1) is 10.5 Å². The quantitative estimate of drug-likeness (QED) is 0.295. The van der Waals surface area contributed by atoms with Crippen LogP contribution in [0.1, 0.15) is 23.7 Å². The summed E-state index contributed by atoms with van der Waals surface area (Å²) in [4.78, 5) is 21.9. The number of halogens is 1. The second kappa shape index (κ2) is 6.96. The molecule has 0 unspecified atom stereocenters. The van der Waals surface area contributed by atoms with Gasteiger partial charge in [-0.25, -0.2) is 0 Å². The lowest BCUT2D eigenvalue weighted by Crippen LogP contribution is -2.25. The Hall–Kier alpha value is -1.62. The minimum absolute atomic E-state index is 0.0890. The lowest BCUT2D eigenvalue weighted by molar-refractivity contribution is -0.384. The summed E-state index contributed by atoms with van der Waals surface area (Å²) in [7, 11) is 0. The molecule has 0 heterocycles. The van der Waals surface area contributed by atoms with E-state index in [2.05, 4.69) is 17.2 Å². The van der Waals surface area contributed by atoms with Crippen LogP contribution in [0, 0.1) is 25.5 Å². The van der Waals surface area contributed by atoms with Crippen LogP contribution < -0.4 is 5.32 Å². The number of nitrogens with one attached hydrogen (secondary N) is 1. The Morgan fingerprint density at radius 1 is 1.56 bits per heavy atom. The van der Waals surface area contributed by atoms with Crippen molar-refractivity contribution in [2.24, 2.45) is 0 Å². The largest absolute Gasteiger partial charge is 0.351 e. The van der Waals surface area contributed by atoms with Crippen LogP contribution in [0.3, 0.4) is 0 Å². The normalized spacial score (nSPS) is 9.22. The van der Waals surface area contributed by atoms with Crippen molar-refractivity contribution >= 4 is 34.2 Å². The minimum atomic E-state index is -0.518. The highest BCUT2D eigenvalue weighted by Gasteiger charge is 2.14. The van der Waals surface area contributed by atoms with Gasteiger partial charge in [0, 0.05) is 28.7 Å². The number of hydrogen-bond acceptors (Lipinski definition) is 3. The molecular weight excluding hydrogens is 347 g/mol. The molecule has 6 heteroatoms. The molecule has 0 bridgehead atoms. The predicted octanol–water partition coefficient (Wildman–Crippen LogP) is 2.34. The molecule has 1 aromatic carbocycles. The van der Waals surface area contributed by atoms with Crippen LogP contribution in [-0.2, 0) is 0 Å². The molecule has 5 nitrogen and oxygen atoms in total. The number of nitro benzene ring substituents is 1. The summed E-state index contributed by atoms with van der Waals surface area (Å²) in [6.07, 6.45) is 0.563. The van der Waals surface area contributed by atoms with E-state index in [-0.39, 0.29) is 11.6 Å². The summed E-state index contributed by atoms with van der Waals surface area (Å²) in [6.45, 7) is 2.16. The molecular formula is C12H11IN2O3. The van der Waals surface area contributed by atoms with E-state index in [1.54, 1.807) is 13.0 Å². The lowest BCUT2D eigenvalue weighted by atomic mass is 10.2. The predicted molar refractivity (Wildman–Crippen MR) is 76.2 cm³/mol. The van der Waals surface area contributed by atoms with Crippen LogP contribution in [0.15, 0.2) is 18.2 Å². The van der Waals surface area contributed by atoms with Crippen molar-refractivity contribution in [1.29, 1.82) is 0 Å². The minimum Gasteiger partial charge on any atom is -0.351 e. The van der Waals surface area contributed by atoms with Crippen molar-refractivity contribution in [3.8, 4) is 11.8 Å². The van der Waals surface area contributed by atoms with Gasteiger partial charge in [0.1, 0.15) is 0 Å². The summed E-state index contributed by atoms with van der Waals surface area (Å²) in [5.74, 6) is 5.23. The number of nitro groups is 1. The van der Waals surface area contributed by atoms with Crippen molar-refractivity contribution < 1.29 is 9.72 Å². The highest BCUT2D eigenvalue weighted by Crippen LogP contribution is 2.19. The summed E-state index contributed by atoms with van der Waals surface area (Å²) in [6, 6.07) is 4.21. The molecule has 1 N–H and O–H groups in total. The summed E-state index contributed by atoms with van der Waals surface area (Å²) >= 11 is 1.97. The Labute approximate surface area is 118 Å². The molecule has 0 aliphatic carbocycles. The highest BCUT2D eigenvalue weighted by atomic mass is 127. The van der Waals surface area contributed by atoms with Gasteiger partial charge >= 0.3 is 0 Å². The van der Waals surface area contributed by atoms with Crippen molar-refractivity contribution in [2.45, 2.75) is 13.3 Å². The first kappa shape index (κ1) is 14.4. The van der Waals surface area contributed by atoms with Gasteiger partial charge in [-0.05, 0) is 35.6 Å². The Balaban J connectivity index is 2.80. The molecule has 0 aliphatic rings. The van der Waals surface area contributed by atoms with Crippen LogP contribution in [0.4, 0.5) is 5.69 Å². The van der Waals surface area contributed by atoms with E-state index < -0.39 is 4.92 Å². The lowest BCUT2D eigenvalue weighted by Gasteiger charge is -2.05. The Bertz CT molecular complexity index is 532. The zero-order chi connectivity index (χ0) is 13.5. The number of nitrogens with zero attached hydrogens (tertiary/aromatic N) is 1. The third-order valence-electron chi connectivity index (χ3n) is 2.12. The fraction of sp³-hybridized carbons (Fsp3) is 0.250. The Kier molecular flexibility index (Phi) is 5.58. The molecule has 0 aliphatic heterocycles. The molecule has 0 saturated carbocycles. The van der Waals surface area contributed by atoms with Crippen molar-refractivity contribution in [3.05, 3.63) is 37.4 Å². The third-order valence-corrected chi connectivity index (χ3v) is 3.06. The average molecular weight is 358 g/mol. The summed E-state index contributed by atoms with van der Waals surface area (Å²) in [5.41, 5.74) is 0.225. The maximum Gasteiger partial charge on any atom is 0.270 e. The monoisotopic (exact) mass is 358 g/mol. The van der Waals surface area contributed by atoms with Gasteiger partial charge in [0.2, 0.25) is 0 Å². The molecule has 1 rings (SSSR count). The Morgan fingerprint density at radius 3 is 2.89 bits per heavy atom. The Morgan fingerprint density at radius 2 is 2.28 bits per heavy atom. The zero-order valence-electron chi connectivity index (χ0n) is 9.70. The van der Waals surface area contributed by atoms with Gasteiger partial charge in [-0.3, -0.25) is 14.9 Å². The van der Waals surface area contributed by atoms with Crippen LogP contribution in [-0.4, -0.2) is 17.4 Å². The van der Waals surface area contributed by atoms with E-state index in [4.69, 9.17) is 0 Å². The standard InChI is InChI=1S/C12H11IN2O3/c1-2-3-4-7-14-12(16)10-8-9(15(17)18)5-6-11(10)13/h5-6,8H,4,7H2,1H3,(H,14,16). The first-order valence-corrected chi connectivity index (χ1v) is 6.26. The molecule has 0 atom stereocenters. The summed E-state index contributed by atoms with van der Waals surface area (Å²) < 4.78 is 0.678. The van der Waals surface area contributed by atoms with Gasteiger partial charge in [-0.1, -0.05) is 0 Å². The first-order valence-electron chi connectivity index (χ1n) is 5.18. The topological polar surface area (TPSA) is 72.2 Å². The van der Waals surface area contributed by atoms with Crippen LogP contribution in [0.5, 0.6) is 0 Å². The van der Waals surface area contributed by atoms with E-state index in [9.17, 15) is 14.9 Å². The molecule has 1 aromatic rings. The SMILES string of the molecule is CC#CCCNC(=O)c1cc([N+](=O)[O-])ccc1I. The van der Waals surface area contributed by atoms with Crippen molar-refractivity contribution in [1.82, 2.24) is 5.32 Å². The maximum absolute atomic E-state index is 11.8. The fourth-order valence-electron chi connectivity index (χ4n) is 1.26. The number of benzene rings is 1. The zero-order valence-corrected chi connectivity index (χ0v) is 11.9. The van der Waals surface area contributed by atoms with E-state index >= 15 is 0 Å². The molecule has 0 fully saturated rings.